The summed E-state index contributed by atoms with van der Waals surface area (Å²) in [6.07, 6.45) is 9.88. The minimum Gasteiger partial charge on any atom is -0.289 e. The molecule has 0 bridgehead atoms. The Labute approximate surface area is 152 Å². The summed E-state index contributed by atoms with van der Waals surface area (Å²) in [5.41, 5.74) is 4.25. The van der Waals surface area contributed by atoms with Crippen LogP contribution in [-0.2, 0) is 13.0 Å². The Bertz CT molecular complexity index is 935. The average molecular weight is 350 g/mol. The van der Waals surface area contributed by atoms with Crippen LogP contribution in [0.2, 0.25) is 0 Å². The highest BCUT2D eigenvalue weighted by Gasteiger charge is 2.36. The molecule has 5 rings (SSSR count). The Morgan fingerprint density at radius 3 is 2.96 bits per heavy atom. The van der Waals surface area contributed by atoms with Gasteiger partial charge in [0.2, 0.25) is 0 Å². The molecule has 1 aliphatic heterocycles. The third-order valence-electron chi connectivity index (χ3n) is 5.94. The van der Waals surface area contributed by atoms with Crippen molar-refractivity contribution in [3.63, 3.8) is 0 Å². The predicted octanol–water partition coefficient (Wildman–Crippen LogP) is 4.16. The van der Waals surface area contributed by atoms with Crippen LogP contribution in [0.25, 0.3) is 5.65 Å². The lowest BCUT2D eigenvalue weighted by atomic mass is 9.85. The fraction of sp³-hybridized carbons (Fsp3) is 0.429. The first kappa shape index (κ1) is 15.9. The lowest BCUT2D eigenvalue weighted by Gasteiger charge is -2.40. The molecule has 3 aromatic rings. The number of halogens is 1. The van der Waals surface area contributed by atoms with E-state index < -0.39 is 0 Å². The Morgan fingerprint density at radius 1 is 1.12 bits per heavy atom. The normalized spacial score (nSPS) is 23.4. The smallest absolute Gasteiger partial charge is 0.199 e. The minimum atomic E-state index is -0.265. The van der Waals surface area contributed by atoms with E-state index in [1.165, 1.54) is 47.4 Å². The van der Waals surface area contributed by atoms with Crippen LogP contribution in [0, 0.1) is 11.9 Å². The van der Waals surface area contributed by atoms with Crippen molar-refractivity contribution in [2.45, 2.75) is 44.7 Å². The van der Waals surface area contributed by atoms with E-state index in [4.69, 9.17) is 4.98 Å². The molecule has 1 fully saturated rings. The van der Waals surface area contributed by atoms with E-state index in [2.05, 4.69) is 22.0 Å². The van der Waals surface area contributed by atoms with Gasteiger partial charge in [0.1, 0.15) is 5.65 Å². The molecule has 4 heterocycles. The minimum absolute atomic E-state index is 0.265. The number of hydrogen-bond donors (Lipinski definition) is 0. The predicted molar refractivity (Wildman–Crippen MR) is 98.2 cm³/mol. The summed E-state index contributed by atoms with van der Waals surface area (Å²) in [6.45, 7) is 1.80. The van der Waals surface area contributed by atoms with Crippen LogP contribution in [-0.4, -0.2) is 25.8 Å². The zero-order chi connectivity index (χ0) is 17.5. The molecule has 1 aliphatic carbocycles. The molecule has 0 aromatic carbocycles. The second kappa shape index (κ2) is 6.47. The van der Waals surface area contributed by atoms with Crippen LogP contribution in [0.3, 0.4) is 0 Å². The van der Waals surface area contributed by atoms with Gasteiger partial charge in [-0.3, -0.25) is 14.3 Å². The second-order valence-electron chi connectivity index (χ2n) is 7.57. The number of piperidine rings is 1. The highest BCUT2D eigenvalue weighted by Crippen LogP contribution is 2.42. The second-order valence-corrected chi connectivity index (χ2v) is 7.57. The average Bonchev–Trinajstić information content (AvgIpc) is 2.97. The Kier molecular flexibility index (Phi) is 3.97. The number of rotatable bonds is 2. The van der Waals surface area contributed by atoms with E-state index in [9.17, 15) is 4.39 Å². The van der Waals surface area contributed by atoms with E-state index in [1.54, 1.807) is 6.07 Å². The zero-order valence-corrected chi connectivity index (χ0v) is 14.8. The van der Waals surface area contributed by atoms with E-state index in [-0.39, 0.29) is 5.95 Å². The number of aryl methyl sites for hydroxylation is 1. The summed E-state index contributed by atoms with van der Waals surface area (Å²) >= 11 is 0. The maximum Gasteiger partial charge on any atom is 0.199 e. The monoisotopic (exact) mass is 350 g/mol. The van der Waals surface area contributed by atoms with Crippen LogP contribution in [0.1, 0.15) is 48.7 Å². The van der Waals surface area contributed by atoms with Crippen molar-refractivity contribution in [2.75, 3.05) is 6.54 Å². The van der Waals surface area contributed by atoms with Crippen molar-refractivity contribution < 1.29 is 4.39 Å². The van der Waals surface area contributed by atoms with Crippen molar-refractivity contribution in [2.24, 2.45) is 5.92 Å². The zero-order valence-electron chi connectivity index (χ0n) is 14.8. The molecule has 0 unspecified atom stereocenters. The van der Waals surface area contributed by atoms with Crippen LogP contribution < -0.4 is 0 Å². The number of fused-ring (bicyclic) bond motifs is 4. The van der Waals surface area contributed by atoms with E-state index in [1.807, 2.05) is 18.5 Å². The molecule has 2 aliphatic rings. The number of likely N-dealkylation sites (tertiary alicyclic amines) is 1. The van der Waals surface area contributed by atoms with Gasteiger partial charge in [0.25, 0.3) is 0 Å². The van der Waals surface area contributed by atoms with Crippen molar-refractivity contribution in [1.29, 1.82) is 0 Å². The van der Waals surface area contributed by atoms with Crippen molar-refractivity contribution in [1.82, 2.24) is 19.3 Å². The molecule has 1 saturated heterocycles. The summed E-state index contributed by atoms with van der Waals surface area (Å²) in [4.78, 5) is 11.9. The van der Waals surface area contributed by atoms with Crippen LogP contribution in [0.5, 0.6) is 0 Å². The first-order valence-electron chi connectivity index (χ1n) is 9.60. The molecule has 5 heteroatoms. The van der Waals surface area contributed by atoms with Gasteiger partial charge in [-0.05, 0) is 68.3 Å². The number of hydrogen-bond acceptors (Lipinski definition) is 3. The van der Waals surface area contributed by atoms with Gasteiger partial charge in [-0.2, -0.15) is 4.39 Å². The Morgan fingerprint density at radius 2 is 2.04 bits per heavy atom. The van der Waals surface area contributed by atoms with E-state index in [0.717, 1.165) is 25.2 Å². The summed E-state index contributed by atoms with van der Waals surface area (Å²) in [7, 11) is 0. The first-order valence-corrected chi connectivity index (χ1v) is 9.60. The topological polar surface area (TPSA) is 33.4 Å². The van der Waals surface area contributed by atoms with Gasteiger partial charge in [0.15, 0.2) is 5.95 Å². The van der Waals surface area contributed by atoms with Gasteiger partial charge >= 0.3 is 0 Å². The van der Waals surface area contributed by atoms with Gasteiger partial charge in [-0.15, -0.1) is 0 Å². The molecule has 134 valence electrons. The van der Waals surface area contributed by atoms with Crippen LogP contribution in [0.15, 0.2) is 42.7 Å². The molecule has 26 heavy (non-hydrogen) atoms. The Balaban J connectivity index is 1.50. The van der Waals surface area contributed by atoms with Gasteiger partial charge in [0.05, 0.1) is 17.4 Å². The number of nitrogens with zero attached hydrogens (tertiary/aromatic N) is 4. The third-order valence-corrected chi connectivity index (χ3v) is 5.94. The molecule has 0 radical (unpaired) electrons. The maximum atomic E-state index is 14.0. The highest BCUT2D eigenvalue weighted by molar-refractivity contribution is 5.40. The molecule has 0 amide bonds. The molecule has 0 saturated carbocycles. The SMILES string of the molecule is Fc1cccc2nc(CN3CCC[C@H]4CCCc5cccnc5[C@H]43)cn12. The number of pyridine rings is 2. The largest absolute Gasteiger partial charge is 0.289 e. The first-order chi connectivity index (χ1) is 12.8. The standard InChI is InChI=1S/C21H23FN4/c22-18-9-2-10-19-24-17(14-26(18)19)13-25-12-4-8-16-6-1-5-15-7-3-11-23-20(15)21(16)25/h2-3,7,9-11,14,16,21H,1,4-6,8,12-13H2/t16-,21+/m1/s1. The molecule has 2 atom stereocenters. The van der Waals surface area contributed by atoms with Crippen molar-refractivity contribution in [3.8, 4) is 0 Å². The summed E-state index contributed by atoms with van der Waals surface area (Å²) < 4.78 is 15.5. The third kappa shape index (κ3) is 2.71. The van der Waals surface area contributed by atoms with E-state index in [0.29, 0.717) is 17.6 Å². The summed E-state index contributed by atoms with van der Waals surface area (Å²) in [5, 5.41) is 0. The van der Waals surface area contributed by atoms with Gasteiger partial charge in [-0.25, -0.2) is 4.98 Å². The number of imidazole rings is 1. The fourth-order valence-electron chi connectivity index (χ4n) is 4.82. The van der Waals surface area contributed by atoms with Gasteiger partial charge in [-0.1, -0.05) is 12.1 Å². The number of aromatic nitrogens is 3. The molecular weight excluding hydrogens is 327 g/mol. The van der Waals surface area contributed by atoms with E-state index >= 15 is 0 Å². The molecular formula is C21H23FN4. The molecule has 3 aromatic heterocycles. The lowest BCUT2D eigenvalue weighted by Crippen LogP contribution is -2.38. The lowest BCUT2D eigenvalue weighted by molar-refractivity contribution is 0.0780. The molecule has 4 nitrogen and oxygen atoms in total. The molecule has 0 spiro atoms. The van der Waals surface area contributed by atoms with Crippen LogP contribution in [0.4, 0.5) is 4.39 Å². The van der Waals surface area contributed by atoms with Gasteiger partial charge in [0, 0.05) is 18.9 Å². The highest BCUT2D eigenvalue weighted by atomic mass is 19.1. The maximum absolute atomic E-state index is 14.0. The van der Waals surface area contributed by atoms with Gasteiger partial charge < -0.3 is 0 Å². The Hall–Kier alpha value is -2.27. The summed E-state index contributed by atoms with van der Waals surface area (Å²) in [5.74, 6) is 0.396. The van der Waals surface area contributed by atoms with Crippen molar-refractivity contribution >= 4 is 5.65 Å². The quantitative estimate of drug-likeness (QED) is 0.651. The fourth-order valence-corrected chi connectivity index (χ4v) is 4.82. The van der Waals surface area contributed by atoms with Crippen LogP contribution >= 0.6 is 0 Å². The molecule has 0 N–H and O–H groups in total. The van der Waals surface area contributed by atoms with Crippen molar-refractivity contribution in [3.05, 3.63) is 65.6 Å². The summed E-state index contributed by atoms with van der Waals surface area (Å²) in [6, 6.07) is 9.69.